The van der Waals surface area contributed by atoms with Gasteiger partial charge in [-0.1, -0.05) is 11.6 Å². The number of methoxy groups -OCH3 is 2. The number of anilines is 1. The number of alkyl halides is 3. The second kappa shape index (κ2) is 9.07. The molecule has 0 radical (unpaired) electrons. The van der Waals surface area contributed by atoms with E-state index in [-0.39, 0.29) is 35.6 Å². The molecule has 2 N–H and O–H groups in total. The first kappa shape index (κ1) is 24.0. The highest BCUT2D eigenvalue weighted by molar-refractivity contribution is 7.92. The van der Waals surface area contributed by atoms with Crippen LogP contribution in [0.4, 0.5) is 18.9 Å². The minimum Gasteiger partial charge on any atom is -0.496 e. The Morgan fingerprint density at radius 3 is 2.38 bits per heavy atom. The van der Waals surface area contributed by atoms with Crippen molar-refractivity contribution in [2.24, 2.45) is 0 Å². The minimum atomic E-state index is -5.00. The summed E-state index contributed by atoms with van der Waals surface area (Å²) in [6, 6.07) is 6.43. The first-order valence-corrected chi connectivity index (χ1v) is 11.2. The number of amides is 1. The molecule has 32 heavy (non-hydrogen) atoms. The Balaban J connectivity index is 1.96. The van der Waals surface area contributed by atoms with Crippen molar-refractivity contribution < 1.29 is 35.9 Å². The van der Waals surface area contributed by atoms with E-state index in [1.165, 1.54) is 38.5 Å². The minimum absolute atomic E-state index is 0.00975. The zero-order chi connectivity index (χ0) is 23.7. The maximum Gasteiger partial charge on any atom is 0.471 e. The number of carbonyl (C=O) groups excluding carboxylic acids is 1. The molecule has 0 saturated carbocycles. The molecule has 0 bridgehead atoms. The van der Waals surface area contributed by atoms with Crippen molar-refractivity contribution in [3.05, 3.63) is 46.5 Å². The summed E-state index contributed by atoms with van der Waals surface area (Å²) >= 11 is 5.97. The van der Waals surface area contributed by atoms with Gasteiger partial charge in [-0.15, -0.1) is 0 Å². The van der Waals surface area contributed by atoms with Crippen LogP contribution in [0, 0.1) is 0 Å². The van der Waals surface area contributed by atoms with Crippen LogP contribution in [0.5, 0.6) is 11.5 Å². The third-order valence-corrected chi connectivity index (χ3v) is 6.73. The Labute approximate surface area is 187 Å². The van der Waals surface area contributed by atoms with Crippen molar-refractivity contribution in [1.82, 2.24) is 5.32 Å². The SMILES string of the molecule is COc1ccc(Cl)cc1NS(=O)(=O)c1ccc(OC)c2c1CCC(NC(=O)C(F)(F)F)C2. The highest BCUT2D eigenvalue weighted by Gasteiger charge is 2.40. The second-order valence-corrected chi connectivity index (χ2v) is 9.17. The molecule has 1 amide bonds. The fraction of sp³-hybridized carbons (Fsp3) is 0.350. The number of fused-ring (bicyclic) bond motifs is 1. The Kier molecular flexibility index (Phi) is 6.80. The van der Waals surface area contributed by atoms with E-state index in [1.54, 1.807) is 6.07 Å². The van der Waals surface area contributed by atoms with Gasteiger partial charge in [0.05, 0.1) is 24.8 Å². The molecule has 0 heterocycles. The molecule has 0 fully saturated rings. The molecule has 12 heteroatoms. The summed E-state index contributed by atoms with van der Waals surface area (Å²) in [5, 5.41) is 2.25. The molecule has 7 nitrogen and oxygen atoms in total. The fourth-order valence-corrected chi connectivity index (χ4v) is 5.14. The molecule has 0 spiro atoms. The molecule has 1 unspecified atom stereocenters. The summed E-state index contributed by atoms with van der Waals surface area (Å²) in [6.07, 6.45) is -4.76. The normalized spacial score (nSPS) is 16.1. The van der Waals surface area contributed by atoms with Crippen LogP contribution in [0.1, 0.15) is 17.5 Å². The molecule has 0 aromatic heterocycles. The third kappa shape index (κ3) is 5.04. The van der Waals surface area contributed by atoms with E-state index in [9.17, 15) is 26.4 Å². The summed E-state index contributed by atoms with van der Waals surface area (Å²) in [5.41, 5.74) is 0.971. The smallest absolute Gasteiger partial charge is 0.471 e. The average Bonchev–Trinajstić information content (AvgIpc) is 2.72. The molecule has 2 aromatic rings. The molecule has 174 valence electrons. The second-order valence-electron chi connectivity index (χ2n) is 7.08. The summed E-state index contributed by atoms with van der Waals surface area (Å²) < 4.78 is 77.1. The number of ether oxygens (including phenoxy) is 2. The van der Waals surface area contributed by atoms with Crippen molar-refractivity contribution in [2.45, 2.75) is 36.4 Å². The van der Waals surface area contributed by atoms with Crippen molar-refractivity contribution >= 4 is 33.2 Å². The maximum absolute atomic E-state index is 13.2. The van der Waals surface area contributed by atoms with Crippen molar-refractivity contribution in [3.8, 4) is 11.5 Å². The fourth-order valence-electron chi connectivity index (χ4n) is 3.61. The molecular weight excluding hydrogens is 473 g/mol. The molecule has 1 aliphatic rings. The van der Waals surface area contributed by atoms with Gasteiger partial charge in [0.25, 0.3) is 10.0 Å². The summed E-state index contributed by atoms with van der Waals surface area (Å²) in [4.78, 5) is 11.3. The van der Waals surface area contributed by atoms with Crippen LogP contribution in [0.2, 0.25) is 5.02 Å². The van der Waals surface area contributed by atoms with E-state index in [2.05, 4.69) is 4.72 Å². The Morgan fingerprint density at radius 2 is 1.75 bits per heavy atom. The zero-order valence-corrected chi connectivity index (χ0v) is 18.6. The highest BCUT2D eigenvalue weighted by atomic mass is 35.5. The standard InChI is InChI=1S/C20H20ClF3N2O5S/c1-30-16-7-8-18(32(28,29)26-15-9-11(21)3-6-17(15)31-2)13-5-4-12(10-14(13)16)25-19(27)20(22,23)24/h3,6-9,12,26H,4-5,10H2,1-2H3,(H,25,27). The van der Waals surface area contributed by atoms with Crippen LogP contribution >= 0.6 is 11.6 Å². The highest BCUT2D eigenvalue weighted by Crippen LogP contribution is 2.36. The lowest BCUT2D eigenvalue weighted by Crippen LogP contribution is -2.45. The Hall–Kier alpha value is -2.66. The van der Waals surface area contributed by atoms with E-state index in [0.29, 0.717) is 21.9 Å². The van der Waals surface area contributed by atoms with Crippen LogP contribution in [-0.4, -0.2) is 40.8 Å². The lowest BCUT2D eigenvalue weighted by atomic mass is 9.87. The van der Waals surface area contributed by atoms with E-state index >= 15 is 0 Å². The van der Waals surface area contributed by atoms with Gasteiger partial charge in [-0.25, -0.2) is 8.42 Å². The molecule has 0 saturated heterocycles. The number of hydrogen-bond donors (Lipinski definition) is 2. The number of hydrogen-bond acceptors (Lipinski definition) is 5. The molecule has 1 aliphatic carbocycles. The summed E-state index contributed by atoms with van der Waals surface area (Å²) in [6.45, 7) is 0. The average molecular weight is 493 g/mol. The first-order valence-electron chi connectivity index (χ1n) is 9.39. The van der Waals surface area contributed by atoms with Gasteiger partial charge in [-0.05, 0) is 55.2 Å². The predicted octanol–water partition coefficient (Wildman–Crippen LogP) is 3.69. The molecule has 0 aliphatic heterocycles. The van der Waals surface area contributed by atoms with E-state index < -0.39 is 28.1 Å². The van der Waals surface area contributed by atoms with Gasteiger partial charge in [0.2, 0.25) is 0 Å². The molecule has 2 aromatic carbocycles. The van der Waals surface area contributed by atoms with Crippen molar-refractivity contribution in [1.29, 1.82) is 0 Å². The lowest BCUT2D eigenvalue weighted by molar-refractivity contribution is -0.174. The van der Waals surface area contributed by atoms with Crippen LogP contribution < -0.4 is 19.5 Å². The van der Waals surface area contributed by atoms with Gasteiger partial charge < -0.3 is 14.8 Å². The lowest BCUT2D eigenvalue weighted by Gasteiger charge is -2.28. The number of sulfonamides is 1. The van der Waals surface area contributed by atoms with Crippen molar-refractivity contribution in [2.75, 3.05) is 18.9 Å². The molecular formula is C20H20ClF3N2O5S. The van der Waals surface area contributed by atoms with Gasteiger partial charge in [0.1, 0.15) is 11.5 Å². The van der Waals surface area contributed by atoms with Gasteiger partial charge in [-0.3, -0.25) is 9.52 Å². The maximum atomic E-state index is 13.2. The Morgan fingerprint density at radius 1 is 1.09 bits per heavy atom. The summed E-state index contributed by atoms with van der Waals surface area (Å²) in [7, 11) is -1.35. The van der Waals surface area contributed by atoms with Crippen molar-refractivity contribution in [3.63, 3.8) is 0 Å². The van der Waals surface area contributed by atoms with Crippen LogP contribution in [0.25, 0.3) is 0 Å². The predicted molar refractivity (Wildman–Crippen MR) is 112 cm³/mol. The number of carbonyl (C=O) groups is 1. The van der Waals surface area contributed by atoms with E-state index in [0.717, 1.165) is 0 Å². The summed E-state index contributed by atoms with van der Waals surface area (Å²) in [5.74, 6) is -1.45. The quantitative estimate of drug-likeness (QED) is 0.641. The molecule has 3 rings (SSSR count). The molecule has 1 atom stereocenters. The van der Waals surface area contributed by atoms with E-state index in [1.807, 2.05) is 5.32 Å². The van der Waals surface area contributed by atoms with Gasteiger partial charge >= 0.3 is 12.1 Å². The van der Waals surface area contributed by atoms with E-state index in [4.69, 9.17) is 21.1 Å². The number of halogens is 4. The third-order valence-electron chi connectivity index (χ3n) is 5.05. The number of benzene rings is 2. The van der Waals surface area contributed by atoms with Gasteiger partial charge in [0.15, 0.2) is 0 Å². The Bertz CT molecular complexity index is 1140. The van der Waals surface area contributed by atoms with Gasteiger partial charge in [-0.2, -0.15) is 13.2 Å². The number of nitrogens with one attached hydrogen (secondary N) is 2. The largest absolute Gasteiger partial charge is 0.496 e. The number of rotatable bonds is 6. The first-order chi connectivity index (χ1) is 15.0. The monoisotopic (exact) mass is 492 g/mol. The zero-order valence-electron chi connectivity index (χ0n) is 17.0. The van der Waals surface area contributed by atoms with Crippen LogP contribution in [-0.2, 0) is 27.7 Å². The topological polar surface area (TPSA) is 93.7 Å². The van der Waals surface area contributed by atoms with Crippen LogP contribution in [0.3, 0.4) is 0 Å². The van der Waals surface area contributed by atoms with Gasteiger partial charge in [0, 0.05) is 16.6 Å². The van der Waals surface area contributed by atoms with Crippen LogP contribution in [0.15, 0.2) is 35.2 Å².